The zero-order valence-electron chi connectivity index (χ0n) is 14.0. The number of para-hydroxylation sites is 1. The van der Waals surface area contributed by atoms with E-state index in [1.54, 1.807) is 12.1 Å². The van der Waals surface area contributed by atoms with Gasteiger partial charge in [0.2, 0.25) is 0 Å². The minimum atomic E-state index is -0.349. The van der Waals surface area contributed by atoms with Crippen molar-refractivity contribution in [1.29, 1.82) is 0 Å². The Kier molecular flexibility index (Phi) is 5.14. The van der Waals surface area contributed by atoms with Gasteiger partial charge in [-0.2, -0.15) is 0 Å². The van der Waals surface area contributed by atoms with Crippen molar-refractivity contribution >= 4 is 17.4 Å². The Balaban J connectivity index is 1.86. The second-order valence-electron chi connectivity index (χ2n) is 5.59. The maximum Gasteiger partial charge on any atom is 0.273 e. The summed E-state index contributed by atoms with van der Waals surface area (Å²) in [5, 5.41) is 20.5. The van der Waals surface area contributed by atoms with Gasteiger partial charge in [-0.15, -0.1) is 10.2 Å². The van der Waals surface area contributed by atoms with Gasteiger partial charge in [0, 0.05) is 29.5 Å². The van der Waals surface area contributed by atoms with Gasteiger partial charge < -0.3 is 4.57 Å². The molecule has 0 unspecified atom stereocenters. The van der Waals surface area contributed by atoms with Gasteiger partial charge in [-0.05, 0) is 19.9 Å². The highest BCUT2D eigenvalue weighted by atomic mass is 32.2. The van der Waals surface area contributed by atoms with Crippen LogP contribution in [-0.4, -0.2) is 19.7 Å². The van der Waals surface area contributed by atoms with Gasteiger partial charge in [0.25, 0.3) is 5.69 Å². The van der Waals surface area contributed by atoms with Crippen LogP contribution in [0.25, 0.3) is 11.4 Å². The molecule has 0 aliphatic carbocycles. The minimum Gasteiger partial charge on any atom is -0.302 e. The van der Waals surface area contributed by atoms with Gasteiger partial charge in [0.1, 0.15) is 0 Å². The zero-order chi connectivity index (χ0) is 17.8. The molecule has 0 saturated heterocycles. The molecule has 0 spiro atoms. The summed E-state index contributed by atoms with van der Waals surface area (Å²) < 4.78 is 2.04. The lowest BCUT2D eigenvalue weighted by Crippen LogP contribution is -2.00. The lowest BCUT2D eigenvalue weighted by molar-refractivity contribution is -0.385. The maximum atomic E-state index is 11.1. The van der Waals surface area contributed by atoms with Crippen LogP contribution < -0.4 is 0 Å². The van der Waals surface area contributed by atoms with E-state index in [0.29, 0.717) is 11.3 Å². The second-order valence-corrected chi connectivity index (χ2v) is 6.54. The summed E-state index contributed by atoms with van der Waals surface area (Å²) in [5.74, 6) is 1.29. The van der Waals surface area contributed by atoms with E-state index in [2.05, 4.69) is 16.3 Å². The molecular weight excluding hydrogens is 336 g/mol. The molecule has 0 saturated carbocycles. The first-order valence-corrected chi connectivity index (χ1v) is 8.94. The van der Waals surface area contributed by atoms with Crippen molar-refractivity contribution in [3.63, 3.8) is 0 Å². The Hall–Kier alpha value is -2.67. The molecule has 0 fully saturated rings. The number of nitro groups is 1. The van der Waals surface area contributed by atoms with Gasteiger partial charge in [-0.1, -0.05) is 53.7 Å². The molecule has 0 atom stereocenters. The van der Waals surface area contributed by atoms with Crippen LogP contribution in [0.3, 0.4) is 0 Å². The van der Waals surface area contributed by atoms with Crippen LogP contribution in [0, 0.1) is 17.0 Å². The first-order valence-electron chi connectivity index (χ1n) is 7.95. The largest absolute Gasteiger partial charge is 0.302 e. The molecule has 0 N–H and O–H groups in total. The third kappa shape index (κ3) is 3.71. The van der Waals surface area contributed by atoms with E-state index in [0.717, 1.165) is 28.7 Å². The predicted molar refractivity (Wildman–Crippen MR) is 98.5 cm³/mol. The van der Waals surface area contributed by atoms with Crippen LogP contribution in [0.15, 0.2) is 53.7 Å². The zero-order valence-corrected chi connectivity index (χ0v) is 14.9. The van der Waals surface area contributed by atoms with Crippen LogP contribution in [0.5, 0.6) is 0 Å². The van der Waals surface area contributed by atoms with E-state index in [1.807, 2.05) is 42.7 Å². The lowest BCUT2D eigenvalue weighted by atomic mass is 10.1. The van der Waals surface area contributed by atoms with Gasteiger partial charge >= 0.3 is 0 Å². The molecular formula is C18H18N4O2S. The Bertz CT molecular complexity index is 908. The number of hydrogen-bond acceptors (Lipinski definition) is 5. The van der Waals surface area contributed by atoms with Crippen molar-refractivity contribution in [3.8, 4) is 11.4 Å². The molecule has 2 aromatic carbocycles. The van der Waals surface area contributed by atoms with Crippen LogP contribution in [-0.2, 0) is 12.3 Å². The molecule has 0 amide bonds. The summed E-state index contributed by atoms with van der Waals surface area (Å²) in [4.78, 5) is 10.8. The van der Waals surface area contributed by atoms with E-state index in [4.69, 9.17) is 0 Å². The summed E-state index contributed by atoms with van der Waals surface area (Å²) in [7, 11) is 0. The van der Waals surface area contributed by atoms with E-state index in [-0.39, 0.29) is 10.6 Å². The molecule has 0 aliphatic rings. The SMILES string of the molecule is CCn1c(SCc2ccccc2[N+](=O)[O-])nnc1-c1cccc(C)c1. The maximum absolute atomic E-state index is 11.1. The van der Waals surface area contributed by atoms with Crippen molar-refractivity contribution in [2.45, 2.75) is 31.3 Å². The molecule has 128 valence electrons. The van der Waals surface area contributed by atoms with Crippen molar-refractivity contribution in [3.05, 3.63) is 69.8 Å². The Morgan fingerprint density at radius 1 is 1.16 bits per heavy atom. The summed E-state index contributed by atoms with van der Waals surface area (Å²) in [5.41, 5.74) is 3.00. The number of aryl methyl sites for hydroxylation is 1. The first-order chi connectivity index (χ1) is 12.1. The Morgan fingerprint density at radius 3 is 2.68 bits per heavy atom. The predicted octanol–water partition coefficient (Wildman–Crippen LogP) is 4.47. The normalized spacial score (nSPS) is 10.8. The number of aromatic nitrogens is 3. The lowest BCUT2D eigenvalue weighted by Gasteiger charge is -2.08. The van der Waals surface area contributed by atoms with Crippen LogP contribution >= 0.6 is 11.8 Å². The highest BCUT2D eigenvalue weighted by Gasteiger charge is 2.16. The van der Waals surface area contributed by atoms with E-state index in [9.17, 15) is 10.1 Å². The standard InChI is InChI=1S/C18H18N4O2S/c1-3-21-17(14-9-6-7-13(2)11-14)19-20-18(21)25-12-15-8-4-5-10-16(15)22(23)24/h4-11H,3,12H2,1-2H3. The molecule has 6 nitrogen and oxygen atoms in total. The average molecular weight is 354 g/mol. The monoisotopic (exact) mass is 354 g/mol. The summed E-state index contributed by atoms with van der Waals surface area (Å²) in [6.07, 6.45) is 0. The third-order valence-electron chi connectivity index (χ3n) is 3.85. The van der Waals surface area contributed by atoms with Gasteiger partial charge in [-0.3, -0.25) is 10.1 Å². The minimum absolute atomic E-state index is 0.136. The smallest absolute Gasteiger partial charge is 0.273 e. The van der Waals surface area contributed by atoms with Gasteiger partial charge in [0.15, 0.2) is 11.0 Å². The average Bonchev–Trinajstić information content (AvgIpc) is 3.03. The summed E-state index contributed by atoms with van der Waals surface area (Å²) in [6.45, 7) is 4.81. The van der Waals surface area contributed by atoms with Crippen molar-refractivity contribution in [2.24, 2.45) is 0 Å². The Labute approximate surface area is 150 Å². The third-order valence-corrected chi connectivity index (χ3v) is 4.87. The molecule has 3 rings (SSSR count). The van der Waals surface area contributed by atoms with Crippen molar-refractivity contribution in [2.75, 3.05) is 0 Å². The fourth-order valence-electron chi connectivity index (χ4n) is 2.63. The number of rotatable bonds is 6. The van der Waals surface area contributed by atoms with Crippen LogP contribution in [0.4, 0.5) is 5.69 Å². The highest BCUT2D eigenvalue weighted by Crippen LogP contribution is 2.29. The van der Waals surface area contributed by atoms with E-state index in [1.165, 1.54) is 17.8 Å². The molecule has 0 radical (unpaired) electrons. The topological polar surface area (TPSA) is 73.8 Å². The highest BCUT2D eigenvalue weighted by molar-refractivity contribution is 7.98. The number of nitro benzene ring substituents is 1. The number of thioether (sulfide) groups is 1. The fraction of sp³-hybridized carbons (Fsp3) is 0.222. The van der Waals surface area contributed by atoms with Gasteiger partial charge in [-0.25, -0.2) is 0 Å². The summed E-state index contributed by atoms with van der Waals surface area (Å²) >= 11 is 1.46. The Morgan fingerprint density at radius 2 is 1.96 bits per heavy atom. The van der Waals surface area contributed by atoms with E-state index >= 15 is 0 Å². The number of nitrogens with zero attached hydrogens (tertiary/aromatic N) is 4. The molecule has 1 heterocycles. The molecule has 7 heteroatoms. The van der Waals surface area contributed by atoms with Crippen LogP contribution in [0.2, 0.25) is 0 Å². The van der Waals surface area contributed by atoms with E-state index < -0.39 is 0 Å². The summed E-state index contributed by atoms with van der Waals surface area (Å²) in [6, 6.07) is 14.9. The van der Waals surface area contributed by atoms with Crippen LogP contribution in [0.1, 0.15) is 18.1 Å². The first kappa shape index (κ1) is 17.2. The molecule has 25 heavy (non-hydrogen) atoms. The quantitative estimate of drug-likeness (QED) is 0.371. The molecule has 1 aromatic heterocycles. The molecule has 0 aliphatic heterocycles. The number of hydrogen-bond donors (Lipinski definition) is 0. The fourth-order valence-corrected chi connectivity index (χ4v) is 3.63. The van der Waals surface area contributed by atoms with Crippen molar-refractivity contribution < 1.29 is 4.92 Å². The van der Waals surface area contributed by atoms with Gasteiger partial charge in [0.05, 0.1) is 4.92 Å². The van der Waals surface area contributed by atoms with Crippen molar-refractivity contribution in [1.82, 2.24) is 14.8 Å². The molecule has 3 aromatic rings. The number of benzene rings is 2. The molecule has 0 bridgehead atoms. The second kappa shape index (κ2) is 7.48.